The number of amides is 2. The summed E-state index contributed by atoms with van der Waals surface area (Å²) in [5.74, 6) is 0.401. The van der Waals surface area contributed by atoms with Crippen molar-refractivity contribution < 1.29 is 9.59 Å². The highest BCUT2D eigenvalue weighted by atomic mass is 16.2. The number of rotatable bonds is 5. The number of nitrogens with one attached hydrogen (secondary N) is 2. The molecule has 2 amide bonds. The second-order valence-corrected chi connectivity index (χ2v) is 6.38. The van der Waals surface area contributed by atoms with Gasteiger partial charge < -0.3 is 10.6 Å². The minimum absolute atomic E-state index is 0.0185. The molecule has 2 N–H and O–H groups in total. The van der Waals surface area contributed by atoms with Crippen molar-refractivity contribution in [2.24, 2.45) is 5.92 Å². The number of benzene rings is 1. The van der Waals surface area contributed by atoms with E-state index in [0.717, 1.165) is 31.4 Å². The van der Waals surface area contributed by atoms with Crippen LogP contribution in [0, 0.1) is 5.92 Å². The van der Waals surface area contributed by atoms with Crippen LogP contribution in [-0.2, 0) is 9.59 Å². The first-order valence-electron chi connectivity index (χ1n) is 8.24. The Bertz CT molecular complexity index is 502. The number of hydrogen-bond donors (Lipinski definition) is 2. The zero-order chi connectivity index (χ0) is 15.9. The van der Waals surface area contributed by atoms with Gasteiger partial charge in [-0.05, 0) is 36.5 Å². The predicted octanol–water partition coefficient (Wildman–Crippen LogP) is 3.45. The summed E-state index contributed by atoms with van der Waals surface area (Å²) in [6.45, 7) is 4.31. The van der Waals surface area contributed by atoms with E-state index in [0.29, 0.717) is 5.92 Å². The van der Waals surface area contributed by atoms with Crippen molar-refractivity contribution in [3.63, 3.8) is 0 Å². The van der Waals surface area contributed by atoms with E-state index < -0.39 is 0 Å². The fourth-order valence-electron chi connectivity index (χ4n) is 2.83. The molecule has 0 atom stereocenters. The van der Waals surface area contributed by atoms with E-state index in [2.05, 4.69) is 24.5 Å². The lowest BCUT2D eigenvalue weighted by atomic mass is 9.89. The van der Waals surface area contributed by atoms with Crippen molar-refractivity contribution in [2.45, 2.75) is 51.9 Å². The summed E-state index contributed by atoms with van der Waals surface area (Å²) in [6.07, 6.45) is 5.35. The molecular weight excluding hydrogens is 276 g/mol. The van der Waals surface area contributed by atoms with Crippen LogP contribution in [0.3, 0.4) is 0 Å². The third kappa shape index (κ3) is 4.86. The van der Waals surface area contributed by atoms with Crippen LogP contribution in [0.15, 0.2) is 24.3 Å². The standard InChI is InChI=1S/C18H26N2O2/c1-13(2)14-8-10-16(11-9-14)20-17(21)12-19-18(22)15-6-4-3-5-7-15/h8-11,13,15H,3-7,12H2,1-2H3,(H,19,22)(H,20,21). The van der Waals surface area contributed by atoms with E-state index in [1.165, 1.54) is 12.0 Å². The molecule has 4 nitrogen and oxygen atoms in total. The monoisotopic (exact) mass is 302 g/mol. The van der Waals surface area contributed by atoms with Gasteiger partial charge in [0.25, 0.3) is 0 Å². The van der Waals surface area contributed by atoms with E-state index in [1.807, 2.05) is 24.3 Å². The van der Waals surface area contributed by atoms with Gasteiger partial charge in [0.1, 0.15) is 0 Å². The average Bonchev–Trinajstić information content (AvgIpc) is 2.54. The molecule has 1 aromatic rings. The Labute approximate surface area is 132 Å². The highest BCUT2D eigenvalue weighted by Gasteiger charge is 2.21. The number of carbonyl (C=O) groups is 2. The van der Waals surface area contributed by atoms with Gasteiger partial charge in [-0.25, -0.2) is 0 Å². The molecule has 0 bridgehead atoms. The van der Waals surface area contributed by atoms with Crippen LogP contribution in [0.4, 0.5) is 5.69 Å². The van der Waals surface area contributed by atoms with E-state index in [-0.39, 0.29) is 24.3 Å². The molecule has 0 unspecified atom stereocenters. The van der Waals surface area contributed by atoms with Gasteiger partial charge in [-0.3, -0.25) is 9.59 Å². The van der Waals surface area contributed by atoms with E-state index in [4.69, 9.17) is 0 Å². The summed E-state index contributed by atoms with van der Waals surface area (Å²) in [7, 11) is 0. The molecule has 0 heterocycles. The summed E-state index contributed by atoms with van der Waals surface area (Å²) in [6, 6.07) is 7.83. The van der Waals surface area contributed by atoms with Crippen LogP contribution < -0.4 is 10.6 Å². The third-order valence-electron chi connectivity index (χ3n) is 4.26. The molecule has 1 saturated carbocycles. The summed E-state index contributed by atoms with van der Waals surface area (Å²) < 4.78 is 0. The molecule has 0 spiro atoms. The molecule has 22 heavy (non-hydrogen) atoms. The first-order chi connectivity index (χ1) is 10.6. The first-order valence-corrected chi connectivity index (χ1v) is 8.24. The SMILES string of the molecule is CC(C)c1ccc(NC(=O)CNC(=O)C2CCCCC2)cc1. The van der Waals surface area contributed by atoms with E-state index in [9.17, 15) is 9.59 Å². The maximum atomic E-state index is 12.0. The van der Waals surface area contributed by atoms with Crippen LogP contribution in [0.5, 0.6) is 0 Å². The minimum Gasteiger partial charge on any atom is -0.347 e. The van der Waals surface area contributed by atoms with E-state index in [1.54, 1.807) is 0 Å². The molecule has 2 rings (SSSR count). The smallest absolute Gasteiger partial charge is 0.243 e. The Morgan fingerprint density at radius 3 is 2.32 bits per heavy atom. The Morgan fingerprint density at radius 2 is 1.73 bits per heavy atom. The van der Waals surface area contributed by atoms with Crippen LogP contribution in [-0.4, -0.2) is 18.4 Å². The summed E-state index contributed by atoms with van der Waals surface area (Å²) in [5, 5.41) is 5.56. The van der Waals surface area contributed by atoms with Gasteiger partial charge in [0.2, 0.25) is 11.8 Å². The fourth-order valence-corrected chi connectivity index (χ4v) is 2.83. The number of hydrogen-bond acceptors (Lipinski definition) is 2. The highest BCUT2D eigenvalue weighted by Crippen LogP contribution is 2.23. The second kappa shape index (κ2) is 7.97. The van der Waals surface area contributed by atoms with Gasteiger partial charge in [0, 0.05) is 11.6 Å². The van der Waals surface area contributed by atoms with Gasteiger partial charge in [0.15, 0.2) is 0 Å². The van der Waals surface area contributed by atoms with Gasteiger partial charge in [-0.15, -0.1) is 0 Å². The molecule has 120 valence electrons. The largest absolute Gasteiger partial charge is 0.347 e. The molecular formula is C18H26N2O2. The second-order valence-electron chi connectivity index (χ2n) is 6.38. The van der Waals surface area contributed by atoms with Gasteiger partial charge >= 0.3 is 0 Å². The van der Waals surface area contributed by atoms with E-state index >= 15 is 0 Å². The van der Waals surface area contributed by atoms with Crippen molar-refractivity contribution >= 4 is 17.5 Å². The van der Waals surface area contributed by atoms with Gasteiger partial charge in [0.05, 0.1) is 6.54 Å². The molecule has 1 aliphatic rings. The molecule has 0 radical (unpaired) electrons. The molecule has 1 aromatic carbocycles. The zero-order valence-corrected chi connectivity index (χ0v) is 13.5. The number of carbonyl (C=O) groups excluding carboxylic acids is 2. The fraction of sp³-hybridized carbons (Fsp3) is 0.556. The molecule has 0 aliphatic heterocycles. The predicted molar refractivity (Wildman–Crippen MR) is 88.7 cm³/mol. The van der Waals surface area contributed by atoms with Crippen molar-refractivity contribution in [1.82, 2.24) is 5.32 Å². The van der Waals surface area contributed by atoms with Crippen LogP contribution in [0.1, 0.15) is 57.4 Å². The topological polar surface area (TPSA) is 58.2 Å². The van der Waals surface area contributed by atoms with Gasteiger partial charge in [-0.1, -0.05) is 45.2 Å². The quantitative estimate of drug-likeness (QED) is 0.875. The highest BCUT2D eigenvalue weighted by molar-refractivity contribution is 5.94. The van der Waals surface area contributed by atoms with Crippen molar-refractivity contribution in [3.8, 4) is 0 Å². The van der Waals surface area contributed by atoms with Crippen LogP contribution in [0.2, 0.25) is 0 Å². The third-order valence-corrected chi connectivity index (χ3v) is 4.26. The molecule has 1 aliphatic carbocycles. The normalized spacial score (nSPS) is 15.6. The lowest BCUT2D eigenvalue weighted by Gasteiger charge is -2.20. The summed E-state index contributed by atoms with van der Waals surface area (Å²) in [4.78, 5) is 23.9. The lowest BCUT2D eigenvalue weighted by Crippen LogP contribution is -2.37. The van der Waals surface area contributed by atoms with Crippen molar-refractivity contribution in [1.29, 1.82) is 0 Å². The zero-order valence-electron chi connectivity index (χ0n) is 13.5. The first kappa shape index (κ1) is 16.5. The Kier molecular flexibility index (Phi) is 5.99. The Hall–Kier alpha value is -1.84. The molecule has 0 saturated heterocycles. The van der Waals surface area contributed by atoms with Crippen LogP contribution >= 0.6 is 0 Å². The number of anilines is 1. The van der Waals surface area contributed by atoms with Crippen molar-refractivity contribution in [3.05, 3.63) is 29.8 Å². The summed E-state index contributed by atoms with van der Waals surface area (Å²) in [5.41, 5.74) is 2.00. The Morgan fingerprint density at radius 1 is 1.09 bits per heavy atom. The average molecular weight is 302 g/mol. The minimum atomic E-state index is -0.179. The van der Waals surface area contributed by atoms with Gasteiger partial charge in [-0.2, -0.15) is 0 Å². The molecule has 1 fully saturated rings. The maximum absolute atomic E-state index is 12.0. The molecule has 0 aromatic heterocycles. The Balaban J connectivity index is 1.76. The summed E-state index contributed by atoms with van der Waals surface area (Å²) >= 11 is 0. The molecule has 4 heteroatoms. The van der Waals surface area contributed by atoms with Crippen molar-refractivity contribution in [2.75, 3.05) is 11.9 Å². The lowest BCUT2D eigenvalue weighted by molar-refractivity contribution is -0.128. The van der Waals surface area contributed by atoms with Crippen LogP contribution in [0.25, 0.3) is 0 Å². The maximum Gasteiger partial charge on any atom is 0.243 e.